The predicted molar refractivity (Wildman–Crippen MR) is 118 cm³/mol. The van der Waals surface area contributed by atoms with E-state index in [9.17, 15) is 4.79 Å². The molecular weight excluding hydrogens is 444 g/mol. The minimum atomic E-state index is -0.529. The summed E-state index contributed by atoms with van der Waals surface area (Å²) in [4.78, 5) is 27.1. The first-order chi connectivity index (χ1) is 16.1. The number of hydrogen-bond donors (Lipinski definition) is 1. The molecule has 6 rings (SSSR count). The maximum atomic E-state index is 13.5. The summed E-state index contributed by atoms with van der Waals surface area (Å²) >= 11 is 6.32. The van der Waals surface area contributed by atoms with Gasteiger partial charge in [-0.05, 0) is 37.3 Å². The van der Waals surface area contributed by atoms with Crippen LogP contribution in [0, 0.1) is 6.92 Å². The Bertz CT molecular complexity index is 1500. The molecule has 11 heteroatoms. The summed E-state index contributed by atoms with van der Waals surface area (Å²) in [6.07, 6.45) is 3.93. The molecule has 164 valence electrons. The third kappa shape index (κ3) is 3.18. The molecule has 1 aliphatic heterocycles. The molecule has 0 aliphatic carbocycles. The van der Waals surface area contributed by atoms with Crippen LogP contribution in [0.15, 0.2) is 53.3 Å². The van der Waals surface area contributed by atoms with E-state index in [0.717, 1.165) is 22.6 Å². The van der Waals surface area contributed by atoms with Gasteiger partial charge in [0.15, 0.2) is 0 Å². The Labute approximate surface area is 192 Å². The van der Waals surface area contributed by atoms with E-state index in [1.807, 2.05) is 31.2 Å². The number of imidazole rings is 1. The van der Waals surface area contributed by atoms with E-state index >= 15 is 0 Å². The molecule has 0 fully saturated rings. The van der Waals surface area contributed by atoms with Gasteiger partial charge in [-0.1, -0.05) is 17.7 Å². The molecule has 6 heterocycles. The zero-order chi connectivity index (χ0) is 22.5. The van der Waals surface area contributed by atoms with Gasteiger partial charge in [0.25, 0.3) is 0 Å². The average molecular weight is 461 g/mol. The van der Waals surface area contributed by atoms with Gasteiger partial charge < -0.3 is 14.3 Å². The third-order valence-electron chi connectivity index (χ3n) is 5.77. The van der Waals surface area contributed by atoms with Crippen LogP contribution in [0.3, 0.4) is 0 Å². The van der Waals surface area contributed by atoms with E-state index in [2.05, 4.69) is 30.2 Å². The number of rotatable bonds is 3. The highest BCUT2D eigenvalue weighted by Crippen LogP contribution is 2.35. The zero-order valence-electron chi connectivity index (χ0n) is 17.4. The van der Waals surface area contributed by atoms with Crippen molar-refractivity contribution in [1.29, 1.82) is 0 Å². The summed E-state index contributed by atoms with van der Waals surface area (Å²) in [6, 6.07) is 10.5. The molecule has 0 unspecified atom stereocenters. The summed E-state index contributed by atoms with van der Waals surface area (Å²) < 4.78 is 7.40. The van der Waals surface area contributed by atoms with Crippen LogP contribution < -0.4 is 0 Å². The fourth-order valence-corrected chi connectivity index (χ4v) is 4.39. The molecule has 0 spiro atoms. The lowest BCUT2D eigenvalue weighted by molar-refractivity contribution is 0.0646. The number of carbonyl (C=O) groups is 1. The van der Waals surface area contributed by atoms with E-state index < -0.39 is 11.9 Å². The Balaban J connectivity index is 1.41. The second kappa shape index (κ2) is 7.52. The number of amides is 1. The number of carbonyl (C=O) groups excluding carboxylic acids is 1. The predicted octanol–water partition coefficient (Wildman–Crippen LogP) is 3.25. The Morgan fingerprint density at radius 3 is 2.97 bits per heavy atom. The number of aryl methyl sites for hydroxylation is 1. The minimum absolute atomic E-state index is 0.0981. The molecule has 10 nitrogen and oxygen atoms in total. The molecule has 5 aromatic rings. The maximum Gasteiger partial charge on any atom is 0.312 e. The summed E-state index contributed by atoms with van der Waals surface area (Å²) in [7, 11) is 0. The van der Waals surface area contributed by atoms with Crippen LogP contribution in [-0.4, -0.2) is 52.1 Å². The molecule has 0 saturated carbocycles. The molecule has 0 aromatic carbocycles. The number of nitrogens with zero attached hydrogens (tertiary/aromatic N) is 7. The molecule has 0 saturated heterocycles. The van der Waals surface area contributed by atoms with Gasteiger partial charge in [0.2, 0.25) is 5.89 Å². The van der Waals surface area contributed by atoms with E-state index in [4.69, 9.17) is 16.0 Å². The fourth-order valence-electron chi connectivity index (χ4n) is 4.18. The van der Waals surface area contributed by atoms with Gasteiger partial charge in [-0.2, -0.15) is 5.10 Å². The van der Waals surface area contributed by atoms with Crippen molar-refractivity contribution in [3.05, 3.63) is 82.7 Å². The number of halogens is 1. The largest absolute Gasteiger partial charge is 0.412 e. The van der Waals surface area contributed by atoms with Crippen molar-refractivity contribution in [3.8, 4) is 11.5 Å². The van der Waals surface area contributed by atoms with Crippen molar-refractivity contribution >= 4 is 23.0 Å². The normalized spacial score (nSPS) is 15.7. The highest BCUT2D eigenvalue weighted by Gasteiger charge is 2.38. The van der Waals surface area contributed by atoms with Crippen LogP contribution in [0.4, 0.5) is 0 Å². The van der Waals surface area contributed by atoms with Crippen LogP contribution >= 0.6 is 11.6 Å². The summed E-state index contributed by atoms with van der Waals surface area (Å²) in [5.74, 6) is -0.242. The molecule has 1 N–H and O–H groups in total. The van der Waals surface area contributed by atoms with Gasteiger partial charge >= 0.3 is 11.8 Å². The molecule has 1 atom stereocenters. The van der Waals surface area contributed by atoms with Crippen LogP contribution in [0.25, 0.3) is 17.0 Å². The Morgan fingerprint density at radius 1 is 1.21 bits per heavy atom. The smallest absolute Gasteiger partial charge is 0.312 e. The average Bonchev–Trinajstić information content (AvgIpc) is 3.57. The Morgan fingerprint density at radius 2 is 2.12 bits per heavy atom. The molecule has 0 radical (unpaired) electrons. The van der Waals surface area contributed by atoms with Gasteiger partial charge in [-0.25, -0.2) is 9.50 Å². The maximum absolute atomic E-state index is 13.5. The van der Waals surface area contributed by atoms with Crippen LogP contribution in [0.5, 0.6) is 0 Å². The lowest BCUT2D eigenvalue weighted by Crippen LogP contribution is -2.41. The number of H-pyrrole nitrogens is 1. The second-order valence-electron chi connectivity index (χ2n) is 7.72. The topological polar surface area (TPSA) is 118 Å². The van der Waals surface area contributed by atoms with Gasteiger partial charge in [0.05, 0.1) is 28.8 Å². The van der Waals surface area contributed by atoms with Crippen LogP contribution in [-0.2, 0) is 6.42 Å². The second-order valence-corrected chi connectivity index (χ2v) is 8.11. The standard InChI is InChI=1S/C22H17ClN8O2/c1-12-14(5-3-8-24-12)20-27-28-21(33-20)22(32)30-9-7-15-18(26-11-25-15)19(30)16-10-13-4-2-6-17(23)31(13)29-16/h2-6,8,10-11,19H,7,9H2,1H3,(H,25,26)/t19-/m1/s1. The number of aromatic amines is 1. The first-order valence-corrected chi connectivity index (χ1v) is 10.7. The molecule has 1 amide bonds. The lowest BCUT2D eigenvalue weighted by Gasteiger charge is -2.32. The van der Waals surface area contributed by atoms with E-state index in [1.54, 1.807) is 34.1 Å². The number of aromatic nitrogens is 7. The lowest BCUT2D eigenvalue weighted by atomic mass is 9.99. The first-order valence-electron chi connectivity index (χ1n) is 10.3. The van der Waals surface area contributed by atoms with Crippen molar-refractivity contribution in [2.75, 3.05) is 6.54 Å². The number of pyridine rings is 2. The first kappa shape index (κ1) is 19.6. The summed E-state index contributed by atoms with van der Waals surface area (Å²) in [5.41, 5.74) is 4.58. The Kier molecular flexibility index (Phi) is 4.47. The summed E-state index contributed by atoms with van der Waals surface area (Å²) in [6.45, 7) is 2.28. The van der Waals surface area contributed by atoms with Gasteiger partial charge in [-0.15, -0.1) is 10.2 Å². The van der Waals surface area contributed by atoms with Crippen molar-refractivity contribution in [2.45, 2.75) is 19.4 Å². The molecule has 5 aromatic heterocycles. The third-order valence-corrected chi connectivity index (χ3v) is 6.06. The fraction of sp³-hybridized carbons (Fsp3) is 0.182. The van der Waals surface area contributed by atoms with Gasteiger partial charge in [-0.3, -0.25) is 9.78 Å². The van der Waals surface area contributed by atoms with Crippen molar-refractivity contribution in [3.63, 3.8) is 0 Å². The van der Waals surface area contributed by atoms with Gasteiger partial charge in [0, 0.05) is 30.6 Å². The monoisotopic (exact) mass is 460 g/mol. The zero-order valence-corrected chi connectivity index (χ0v) is 18.2. The van der Waals surface area contributed by atoms with Crippen molar-refractivity contribution in [1.82, 2.24) is 39.7 Å². The van der Waals surface area contributed by atoms with Crippen LogP contribution in [0.2, 0.25) is 5.15 Å². The SMILES string of the molecule is Cc1ncccc1-c1nnc(C(=O)N2CCc3[nH]cnc3[C@H]2c2cc3cccc(Cl)n3n2)o1. The van der Waals surface area contributed by atoms with E-state index in [-0.39, 0.29) is 11.8 Å². The Hall–Kier alpha value is -4.05. The quantitative estimate of drug-likeness (QED) is 0.410. The van der Waals surface area contributed by atoms with Crippen molar-refractivity contribution < 1.29 is 9.21 Å². The molecule has 1 aliphatic rings. The molecule has 0 bridgehead atoms. The highest BCUT2D eigenvalue weighted by atomic mass is 35.5. The minimum Gasteiger partial charge on any atom is -0.412 e. The number of nitrogens with one attached hydrogen (secondary N) is 1. The molecule has 33 heavy (non-hydrogen) atoms. The number of hydrogen-bond acceptors (Lipinski definition) is 7. The van der Waals surface area contributed by atoms with E-state index in [1.165, 1.54) is 0 Å². The highest BCUT2D eigenvalue weighted by molar-refractivity contribution is 6.29. The summed E-state index contributed by atoms with van der Waals surface area (Å²) in [5, 5.41) is 13.2. The van der Waals surface area contributed by atoms with Crippen molar-refractivity contribution in [2.24, 2.45) is 0 Å². The van der Waals surface area contributed by atoms with E-state index in [0.29, 0.717) is 29.4 Å². The number of fused-ring (bicyclic) bond motifs is 2. The molecular formula is C22H17ClN8O2. The van der Waals surface area contributed by atoms with Gasteiger partial charge in [0.1, 0.15) is 11.2 Å². The van der Waals surface area contributed by atoms with Crippen LogP contribution in [0.1, 0.15) is 39.5 Å².